The van der Waals surface area contributed by atoms with E-state index in [2.05, 4.69) is 50.9 Å². The zero-order chi connectivity index (χ0) is 18.2. The summed E-state index contributed by atoms with van der Waals surface area (Å²) in [5.41, 5.74) is 1.37. The first kappa shape index (κ1) is 18.7. The van der Waals surface area contributed by atoms with E-state index in [0.717, 1.165) is 57.7 Å². The smallest absolute Gasteiger partial charge is 0.225 e. The number of nitrogens with one attached hydrogen (secondary N) is 2. The van der Waals surface area contributed by atoms with Gasteiger partial charge in [0.15, 0.2) is 5.96 Å². The fourth-order valence-electron chi connectivity index (χ4n) is 4.04. The van der Waals surface area contributed by atoms with Gasteiger partial charge >= 0.3 is 0 Å². The maximum atomic E-state index is 12.5. The Hall–Kier alpha value is -2.04. The van der Waals surface area contributed by atoms with Crippen molar-refractivity contribution >= 4 is 11.9 Å². The summed E-state index contributed by atoms with van der Waals surface area (Å²) in [7, 11) is 1.81. The molecule has 1 unspecified atom stereocenters. The lowest BCUT2D eigenvalue weighted by molar-refractivity contribution is -0.134. The van der Waals surface area contributed by atoms with Crippen LogP contribution in [-0.4, -0.2) is 49.5 Å². The second-order valence-electron chi connectivity index (χ2n) is 7.48. The van der Waals surface area contributed by atoms with Crippen molar-refractivity contribution in [1.29, 1.82) is 0 Å². The van der Waals surface area contributed by atoms with Crippen molar-refractivity contribution in [2.24, 2.45) is 10.9 Å². The van der Waals surface area contributed by atoms with E-state index in [1.807, 2.05) is 7.05 Å². The summed E-state index contributed by atoms with van der Waals surface area (Å²) in [6.45, 7) is 2.57. The van der Waals surface area contributed by atoms with E-state index >= 15 is 0 Å². The molecule has 1 aliphatic heterocycles. The van der Waals surface area contributed by atoms with Crippen LogP contribution in [0.1, 0.15) is 44.1 Å². The second kappa shape index (κ2) is 9.60. The van der Waals surface area contributed by atoms with Crippen LogP contribution in [0.5, 0.6) is 0 Å². The third kappa shape index (κ3) is 5.23. The van der Waals surface area contributed by atoms with Crippen LogP contribution in [0.3, 0.4) is 0 Å². The maximum absolute atomic E-state index is 12.5. The van der Waals surface area contributed by atoms with Crippen molar-refractivity contribution in [3.63, 3.8) is 0 Å². The minimum atomic E-state index is 0.282. The quantitative estimate of drug-likeness (QED) is 0.468. The largest absolute Gasteiger partial charge is 0.356 e. The first-order valence-corrected chi connectivity index (χ1v) is 10.1. The molecule has 0 aromatic heterocycles. The number of aliphatic imine (C=N–C) groups is 1. The van der Waals surface area contributed by atoms with Crippen LogP contribution in [-0.2, 0) is 11.2 Å². The first-order chi connectivity index (χ1) is 12.8. The van der Waals surface area contributed by atoms with Crippen LogP contribution >= 0.6 is 0 Å². The molecule has 2 aliphatic rings. The van der Waals surface area contributed by atoms with Crippen LogP contribution in [0.25, 0.3) is 0 Å². The van der Waals surface area contributed by atoms with Gasteiger partial charge in [-0.3, -0.25) is 9.79 Å². The highest BCUT2D eigenvalue weighted by Gasteiger charge is 2.32. The van der Waals surface area contributed by atoms with Crippen molar-refractivity contribution in [3.05, 3.63) is 35.9 Å². The van der Waals surface area contributed by atoms with E-state index in [0.29, 0.717) is 11.9 Å². The highest BCUT2D eigenvalue weighted by Crippen LogP contribution is 2.27. The molecule has 1 aromatic carbocycles. The molecule has 1 aromatic rings. The van der Waals surface area contributed by atoms with E-state index in [1.54, 1.807) is 0 Å². The molecule has 1 saturated carbocycles. The monoisotopic (exact) mass is 356 g/mol. The lowest BCUT2D eigenvalue weighted by Crippen LogP contribution is -2.45. The van der Waals surface area contributed by atoms with Gasteiger partial charge in [-0.25, -0.2) is 0 Å². The van der Waals surface area contributed by atoms with E-state index in [9.17, 15) is 4.79 Å². The van der Waals surface area contributed by atoms with Gasteiger partial charge in [0.2, 0.25) is 5.91 Å². The number of aryl methyl sites for hydroxylation is 1. The molecule has 3 rings (SSSR count). The summed E-state index contributed by atoms with van der Waals surface area (Å²) < 4.78 is 0. The van der Waals surface area contributed by atoms with Crippen LogP contribution in [0, 0.1) is 5.92 Å². The first-order valence-electron chi connectivity index (χ1n) is 10.1. The average molecular weight is 357 g/mol. The fourth-order valence-corrected chi connectivity index (χ4v) is 4.04. The van der Waals surface area contributed by atoms with Crippen molar-refractivity contribution in [3.8, 4) is 0 Å². The molecule has 1 heterocycles. The van der Waals surface area contributed by atoms with E-state index < -0.39 is 0 Å². The number of nitrogens with zero attached hydrogens (tertiary/aromatic N) is 2. The molecular formula is C21H32N4O. The van der Waals surface area contributed by atoms with Crippen LogP contribution < -0.4 is 10.6 Å². The Labute approximate surface area is 157 Å². The Morgan fingerprint density at radius 2 is 1.96 bits per heavy atom. The molecule has 0 spiro atoms. The van der Waals surface area contributed by atoms with Gasteiger partial charge in [-0.1, -0.05) is 43.2 Å². The summed E-state index contributed by atoms with van der Waals surface area (Å²) in [6.07, 6.45) is 7.73. The summed E-state index contributed by atoms with van der Waals surface area (Å²) in [6, 6.07) is 10.9. The molecular weight excluding hydrogens is 324 g/mol. The summed E-state index contributed by atoms with van der Waals surface area (Å²) in [4.78, 5) is 18.9. The maximum Gasteiger partial charge on any atom is 0.225 e. The molecule has 1 atom stereocenters. The predicted octanol–water partition coefficient (Wildman–Crippen LogP) is 2.58. The molecule has 2 N–H and O–H groups in total. The number of carbonyl (C=O) groups excluding carboxylic acids is 1. The normalized spacial score (nSPS) is 21.2. The van der Waals surface area contributed by atoms with E-state index in [1.165, 1.54) is 18.4 Å². The van der Waals surface area contributed by atoms with Gasteiger partial charge in [0.25, 0.3) is 0 Å². The number of hydrogen-bond acceptors (Lipinski definition) is 2. The molecule has 2 fully saturated rings. The SMILES string of the molecule is CN=C(NCCCc1ccccc1)NC1CCN(C(=O)C2CCCC2)C1. The lowest BCUT2D eigenvalue weighted by atomic mass is 10.1. The predicted molar refractivity (Wildman–Crippen MR) is 106 cm³/mol. The highest BCUT2D eigenvalue weighted by molar-refractivity contribution is 5.81. The van der Waals surface area contributed by atoms with Gasteiger partial charge in [0.1, 0.15) is 0 Å². The number of hydrogen-bond donors (Lipinski definition) is 2. The molecule has 1 saturated heterocycles. The number of amides is 1. The van der Waals surface area contributed by atoms with Gasteiger partial charge in [-0.05, 0) is 37.7 Å². The second-order valence-corrected chi connectivity index (χ2v) is 7.48. The van der Waals surface area contributed by atoms with Gasteiger partial charge in [-0.2, -0.15) is 0 Å². The molecule has 0 radical (unpaired) electrons. The lowest BCUT2D eigenvalue weighted by Gasteiger charge is -2.21. The van der Waals surface area contributed by atoms with Crippen LogP contribution in [0.2, 0.25) is 0 Å². The van der Waals surface area contributed by atoms with E-state index in [-0.39, 0.29) is 5.92 Å². The number of rotatable bonds is 6. The number of benzene rings is 1. The van der Waals surface area contributed by atoms with Gasteiger partial charge in [0.05, 0.1) is 0 Å². The summed E-state index contributed by atoms with van der Waals surface area (Å²) in [5, 5.41) is 6.89. The molecule has 5 heteroatoms. The molecule has 0 bridgehead atoms. The number of likely N-dealkylation sites (tertiary alicyclic amines) is 1. The minimum Gasteiger partial charge on any atom is -0.356 e. The molecule has 142 valence electrons. The van der Waals surface area contributed by atoms with Crippen molar-refractivity contribution < 1.29 is 4.79 Å². The van der Waals surface area contributed by atoms with Gasteiger partial charge in [-0.15, -0.1) is 0 Å². The Kier molecular flexibility index (Phi) is 6.92. The Balaban J connectivity index is 1.36. The van der Waals surface area contributed by atoms with Crippen molar-refractivity contribution in [1.82, 2.24) is 15.5 Å². The molecule has 26 heavy (non-hydrogen) atoms. The molecule has 5 nitrogen and oxygen atoms in total. The number of guanidine groups is 1. The third-order valence-electron chi connectivity index (χ3n) is 5.55. The van der Waals surface area contributed by atoms with Crippen molar-refractivity contribution in [2.45, 2.75) is 51.0 Å². The van der Waals surface area contributed by atoms with E-state index in [4.69, 9.17) is 0 Å². The average Bonchev–Trinajstić information content (AvgIpc) is 3.36. The topological polar surface area (TPSA) is 56.7 Å². The third-order valence-corrected chi connectivity index (χ3v) is 5.55. The highest BCUT2D eigenvalue weighted by atomic mass is 16.2. The van der Waals surface area contributed by atoms with Crippen LogP contribution in [0.4, 0.5) is 0 Å². The Morgan fingerprint density at radius 1 is 1.19 bits per heavy atom. The standard InChI is InChI=1S/C21H32N4O/c1-22-21(23-14-7-10-17-8-3-2-4-9-17)24-19-13-15-25(16-19)20(26)18-11-5-6-12-18/h2-4,8-9,18-19H,5-7,10-16H2,1H3,(H2,22,23,24). The minimum absolute atomic E-state index is 0.282. The summed E-state index contributed by atoms with van der Waals surface area (Å²) in [5.74, 6) is 1.50. The van der Waals surface area contributed by atoms with Gasteiger partial charge < -0.3 is 15.5 Å². The Bertz CT molecular complexity index is 595. The Morgan fingerprint density at radius 3 is 2.69 bits per heavy atom. The fraction of sp³-hybridized carbons (Fsp3) is 0.619. The van der Waals surface area contributed by atoms with Crippen LogP contribution in [0.15, 0.2) is 35.3 Å². The molecule has 1 aliphatic carbocycles. The number of carbonyl (C=O) groups is 1. The van der Waals surface area contributed by atoms with Crippen molar-refractivity contribution in [2.75, 3.05) is 26.7 Å². The zero-order valence-electron chi connectivity index (χ0n) is 15.9. The zero-order valence-corrected chi connectivity index (χ0v) is 15.9. The summed E-state index contributed by atoms with van der Waals surface area (Å²) >= 11 is 0. The van der Waals surface area contributed by atoms with Gasteiger partial charge in [0, 0.05) is 38.6 Å². The molecule has 1 amide bonds.